The zero-order chi connectivity index (χ0) is 15.3. The van der Waals surface area contributed by atoms with Gasteiger partial charge in [0.05, 0.1) is 0 Å². The maximum Gasteiger partial charge on any atom is 0.243 e. The molecule has 7 nitrogen and oxygen atoms in total. The molecule has 0 aliphatic rings. The van der Waals surface area contributed by atoms with Gasteiger partial charge in [0.2, 0.25) is 10.0 Å². The zero-order valence-corrected chi connectivity index (χ0v) is 12.2. The zero-order valence-electron chi connectivity index (χ0n) is 11.4. The molecule has 0 saturated carbocycles. The van der Waals surface area contributed by atoms with E-state index in [9.17, 15) is 12.8 Å². The summed E-state index contributed by atoms with van der Waals surface area (Å²) in [6.45, 7) is 0.575. The first kappa shape index (κ1) is 15.5. The Hall–Kier alpha value is -1.84. The first-order chi connectivity index (χ1) is 10.0. The molecule has 0 aliphatic carbocycles. The second-order valence-electron chi connectivity index (χ2n) is 4.38. The van der Waals surface area contributed by atoms with Crippen molar-refractivity contribution >= 4 is 10.0 Å². The molecule has 0 bridgehead atoms. The largest absolute Gasteiger partial charge is 0.316 e. The summed E-state index contributed by atoms with van der Waals surface area (Å²) in [7, 11) is -2.15. The molecule has 1 aromatic heterocycles. The van der Waals surface area contributed by atoms with Crippen LogP contribution in [0.25, 0.3) is 0 Å². The quantitative estimate of drug-likeness (QED) is 0.677. The fourth-order valence-corrected chi connectivity index (χ4v) is 2.90. The molecule has 0 fully saturated rings. The van der Waals surface area contributed by atoms with Crippen LogP contribution < -0.4 is 10.0 Å². The molecule has 21 heavy (non-hydrogen) atoms. The molecule has 1 aromatic carbocycles. The monoisotopic (exact) mass is 313 g/mol. The van der Waals surface area contributed by atoms with Crippen molar-refractivity contribution in [2.45, 2.75) is 17.9 Å². The van der Waals surface area contributed by atoms with E-state index in [1.807, 2.05) is 0 Å². The van der Waals surface area contributed by atoms with E-state index in [4.69, 9.17) is 0 Å². The normalized spacial score (nSPS) is 11.7. The van der Waals surface area contributed by atoms with Gasteiger partial charge in [0.1, 0.15) is 22.9 Å². The number of rotatable bonds is 7. The molecule has 0 spiro atoms. The molecular formula is C12H16FN5O2S. The van der Waals surface area contributed by atoms with E-state index in [2.05, 4.69) is 25.2 Å². The lowest BCUT2D eigenvalue weighted by Crippen LogP contribution is -2.27. The average Bonchev–Trinajstić information content (AvgIpc) is 2.92. The van der Waals surface area contributed by atoms with Crippen LogP contribution in [0.15, 0.2) is 29.4 Å². The topological polar surface area (TPSA) is 99.8 Å². The molecule has 1 heterocycles. The standard InChI is InChI=1S/C12H16FN5O2S/c1-14-7-9-2-3-11(10(13)6-9)21(19,20)17-5-4-12-15-8-16-18-12/h2-3,6,8,14,17H,4-5,7H2,1H3,(H,15,16,18). The highest BCUT2D eigenvalue weighted by atomic mass is 32.2. The van der Waals surface area contributed by atoms with Crippen molar-refractivity contribution in [3.63, 3.8) is 0 Å². The lowest BCUT2D eigenvalue weighted by Gasteiger charge is -2.08. The number of aromatic amines is 1. The molecule has 0 aliphatic heterocycles. The van der Waals surface area contributed by atoms with Gasteiger partial charge in [-0.3, -0.25) is 5.10 Å². The lowest BCUT2D eigenvalue weighted by molar-refractivity contribution is 0.555. The number of halogens is 1. The third kappa shape index (κ3) is 4.06. The van der Waals surface area contributed by atoms with E-state index < -0.39 is 15.8 Å². The number of sulfonamides is 1. The maximum atomic E-state index is 13.9. The molecule has 0 amide bonds. The van der Waals surface area contributed by atoms with Crippen molar-refractivity contribution in [1.29, 1.82) is 0 Å². The summed E-state index contributed by atoms with van der Waals surface area (Å²) in [6.07, 6.45) is 1.68. The summed E-state index contributed by atoms with van der Waals surface area (Å²) in [6, 6.07) is 4.05. The van der Waals surface area contributed by atoms with Gasteiger partial charge in [-0.2, -0.15) is 5.10 Å². The third-order valence-corrected chi connectivity index (χ3v) is 4.28. The van der Waals surface area contributed by atoms with Crippen LogP contribution in [0, 0.1) is 5.82 Å². The fraction of sp³-hybridized carbons (Fsp3) is 0.333. The Kier molecular flexibility index (Phi) is 4.99. The minimum Gasteiger partial charge on any atom is -0.316 e. The van der Waals surface area contributed by atoms with Crippen LogP contribution in [0.1, 0.15) is 11.4 Å². The number of H-pyrrole nitrogens is 1. The first-order valence-corrected chi connectivity index (χ1v) is 7.78. The van der Waals surface area contributed by atoms with Gasteiger partial charge < -0.3 is 5.32 Å². The highest BCUT2D eigenvalue weighted by Gasteiger charge is 2.18. The molecular weight excluding hydrogens is 297 g/mol. The molecule has 0 unspecified atom stereocenters. The summed E-state index contributed by atoms with van der Waals surface area (Å²) < 4.78 is 40.3. The summed E-state index contributed by atoms with van der Waals surface area (Å²) in [4.78, 5) is 3.51. The third-order valence-electron chi connectivity index (χ3n) is 2.79. The molecule has 0 radical (unpaired) electrons. The van der Waals surface area contributed by atoms with Crippen molar-refractivity contribution in [1.82, 2.24) is 25.2 Å². The molecule has 0 saturated heterocycles. The second kappa shape index (κ2) is 6.74. The van der Waals surface area contributed by atoms with Crippen LogP contribution in [0.4, 0.5) is 4.39 Å². The number of aromatic nitrogens is 3. The van der Waals surface area contributed by atoms with Gasteiger partial charge >= 0.3 is 0 Å². The average molecular weight is 313 g/mol. The van der Waals surface area contributed by atoms with E-state index in [1.54, 1.807) is 13.1 Å². The second-order valence-corrected chi connectivity index (χ2v) is 6.11. The van der Waals surface area contributed by atoms with Gasteiger partial charge in [0.25, 0.3) is 0 Å². The van der Waals surface area contributed by atoms with Crippen LogP contribution in [0.2, 0.25) is 0 Å². The molecule has 2 aromatic rings. The highest BCUT2D eigenvalue weighted by Crippen LogP contribution is 2.16. The Morgan fingerprint density at radius 3 is 2.81 bits per heavy atom. The van der Waals surface area contributed by atoms with Crippen molar-refractivity contribution in [2.75, 3.05) is 13.6 Å². The van der Waals surface area contributed by atoms with Crippen LogP contribution in [-0.2, 0) is 23.0 Å². The van der Waals surface area contributed by atoms with Gasteiger partial charge in [-0.25, -0.2) is 22.5 Å². The van der Waals surface area contributed by atoms with E-state index in [0.717, 1.165) is 0 Å². The number of nitrogens with zero attached hydrogens (tertiary/aromatic N) is 2. The van der Waals surface area contributed by atoms with Crippen molar-refractivity contribution < 1.29 is 12.8 Å². The summed E-state index contributed by atoms with van der Waals surface area (Å²) >= 11 is 0. The van der Waals surface area contributed by atoms with Crippen molar-refractivity contribution in [3.8, 4) is 0 Å². The smallest absolute Gasteiger partial charge is 0.243 e. The van der Waals surface area contributed by atoms with Crippen LogP contribution in [0.3, 0.4) is 0 Å². The van der Waals surface area contributed by atoms with Crippen molar-refractivity contribution in [3.05, 3.63) is 41.7 Å². The van der Waals surface area contributed by atoms with E-state index in [0.29, 0.717) is 24.4 Å². The fourth-order valence-electron chi connectivity index (χ4n) is 1.81. The summed E-state index contributed by atoms with van der Waals surface area (Å²) in [5.41, 5.74) is 0.676. The van der Waals surface area contributed by atoms with Gasteiger partial charge in [-0.05, 0) is 24.7 Å². The van der Waals surface area contributed by atoms with Gasteiger partial charge in [0, 0.05) is 19.5 Å². The maximum absolute atomic E-state index is 13.9. The molecule has 3 N–H and O–H groups in total. The minimum atomic E-state index is -3.88. The number of hydrogen-bond donors (Lipinski definition) is 3. The van der Waals surface area contributed by atoms with Gasteiger partial charge in [-0.15, -0.1) is 0 Å². The Morgan fingerprint density at radius 1 is 1.38 bits per heavy atom. The van der Waals surface area contributed by atoms with Crippen LogP contribution in [0.5, 0.6) is 0 Å². The summed E-state index contributed by atoms with van der Waals surface area (Å²) in [5.74, 6) is -0.211. The van der Waals surface area contributed by atoms with E-state index >= 15 is 0 Å². The molecule has 114 valence electrons. The molecule has 0 atom stereocenters. The Labute approximate surface area is 122 Å². The van der Waals surface area contributed by atoms with Crippen molar-refractivity contribution in [2.24, 2.45) is 0 Å². The Balaban J connectivity index is 2.04. The van der Waals surface area contributed by atoms with Crippen LogP contribution >= 0.6 is 0 Å². The Morgan fingerprint density at radius 2 is 2.19 bits per heavy atom. The summed E-state index contributed by atoms with van der Waals surface area (Å²) in [5, 5.41) is 9.15. The number of benzene rings is 1. The Bertz CT molecular complexity index is 688. The number of nitrogens with one attached hydrogen (secondary N) is 3. The highest BCUT2D eigenvalue weighted by molar-refractivity contribution is 7.89. The lowest BCUT2D eigenvalue weighted by atomic mass is 10.2. The predicted molar refractivity (Wildman–Crippen MR) is 74.4 cm³/mol. The number of hydrogen-bond acceptors (Lipinski definition) is 5. The van der Waals surface area contributed by atoms with Crippen LogP contribution in [-0.4, -0.2) is 37.2 Å². The molecule has 2 rings (SSSR count). The van der Waals surface area contributed by atoms with E-state index in [1.165, 1.54) is 18.5 Å². The molecule has 9 heteroatoms. The SMILES string of the molecule is CNCc1ccc(S(=O)(=O)NCCc2ncn[nH]2)c(F)c1. The minimum absolute atomic E-state index is 0.106. The first-order valence-electron chi connectivity index (χ1n) is 6.30. The van der Waals surface area contributed by atoms with Gasteiger partial charge in [0.15, 0.2) is 0 Å². The van der Waals surface area contributed by atoms with E-state index in [-0.39, 0.29) is 11.4 Å². The van der Waals surface area contributed by atoms with Gasteiger partial charge in [-0.1, -0.05) is 6.07 Å². The predicted octanol–water partition coefficient (Wildman–Crippen LogP) is 0.184.